The van der Waals surface area contributed by atoms with Gasteiger partial charge in [-0.2, -0.15) is 5.10 Å². The molecule has 7 nitrogen and oxygen atoms in total. The van der Waals surface area contributed by atoms with Gasteiger partial charge in [0.2, 0.25) is 0 Å². The smallest absolute Gasteiger partial charge is 0.303 e. The zero-order valence-corrected chi connectivity index (χ0v) is 21.8. The van der Waals surface area contributed by atoms with Gasteiger partial charge in [0, 0.05) is 30.3 Å². The number of thiocarbonyl (C=S) groups is 1. The Hall–Kier alpha value is -3.69. The molecule has 1 saturated heterocycles. The Balaban J connectivity index is 1.59. The molecular weight excluding hydrogens is 506 g/mol. The van der Waals surface area contributed by atoms with E-state index in [1.807, 2.05) is 66.9 Å². The molecule has 1 fully saturated rings. The van der Waals surface area contributed by atoms with Gasteiger partial charge < -0.3 is 9.84 Å². The first kappa shape index (κ1) is 26.4. The first-order valence-corrected chi connectivity index (χ1v) is 13.1. The second kappa shape index (κ2) is 12.5. The maximum atomic E-state index is 13.2. The summed E-state index contributed by atoms with van der Waals surface area (Å²) in [5.74, 6) is -0.212. The van der Waals surface area contributed by atoms with Crippen molar-refractivity contribution in [3.05, 3.63) is 83.9 Å². The van der Waals surface area contributed by atoms with Gasteiger partial charge in [0.15, 0.2) is 0 Å². The third kappa shape index (κ3) is 6.75. The van der Waals surface area contributed by atoms with E-state index >= 15 is 0 Å². The van der Waals surface area contributed by atoms with Crippen LogP contribution in [0.2, 0.25) is 0 Å². The number of carbonyl (C=O) groups is 2. The van der Waals surface area contributed by atoms with Crippen molar-refractivity contribution in [1.29, 1.82) is 0 Å². The summed E-state index contributed by atoms with van der Waals surface area (Å²) in [5, 5.41) is 13.6. The zero-order valence-electron chi connectivity index (χ0n) is 20.2. The Labute approximate surface area is 225 Å². The number of carboxylic acids is 1. The number of benzene rings is 2. The van der Waals surface area contributed by atoms with E-state index in [0.717, 1.165) is 34.7 Å². The van der Waals surface area contributed by atoms with Crippen LogP contribution in [0, 0.1) is 0 Å². The summed E-state index contributed by atoms with van der Waals surface area (Å²) >= 11 is 6.75. The third-order valence-corrected chi connectivity index (χ3v) is 7.07. The lowest BCUT2D eigenvalue weighted by Crippen LogP contribution is -2.29. The van der Waals surface area contributed by atoms with Crippen molar-refractivity contribution in [3.8, 4) is 22.7 Å². The van der Waals surface area contributed by atoms with E-state index in [1.54, 1.807) is 15.7 Å². The lowest BCUT2D eigenvalue weighted by molar-refractivity contribution is -0.137. The molecule has 4 rings (SSSR count). The van der Waals surface area contributed by atoms with Crippen LogP contribution in [0.25, 0.3) is 23.0 Å². The minimum Gasteiger partial charge on any atom is -0.490 e. The van der Waals surface area contributed by atoms with Crippen LogP contribution in [-0.2, 0) is 9.59 Å². The van der Waals surface area contributed by atoms with Crippen molar-refractivity contribution >= 4 is 46.3 Å². The Kier molecular flexibility index (Phi) is 8.92. The number of aliphatic carboxylic acids is 1. The van der Waals surface area contributed by atoms with E-state index in [0.29, 0.717) is 35.2 Å². The van der Waals surface area contributed by atoms with Gasteiger partial charge in [0.25, 0.3) is 5.91 Å². The maximum Gasteiger partial charge on any atom is 0.303 e. The lowest BCUT2D eigenvalue weighted by Gasteiger charge is -2.13. The number of carbonyl (C=O) groups excluding carboxylic acids is 1. The lowest BCUT2D eigenvalue weighted by atomic mass is 10.1. The van der Waals surface area contributed by atoms with Crippen LogP contribution in [0.5, 0.6) is 5.75 Å². The summed E-state index contributed by atoms with van der Waals surface area (Å²) in [6, 6.07) is 17.4. The predicted molar refractivity (Wildman–Crippen MR) is 151 cm³/mol. The van der Waals surface area contributed by atoms with Gasteiger partial charge in [-0.3, -0.25) is 14.5 Å². The number of carboxylic acid groups (broad SMARTS) is 1. The Bertz CT molecular complexity index is 1320. The fourth-order valence-electron chi connectivity index (χ4n) is 3.85. The van der Waals surface area contributed by atoms with Crippen LogP contribution in [0.1, 0.15) is 31.2 Å². The molecule has 9 heteroatoms. The van der Waals surface area contributed by atoms with Crippen molar-refractivity contribution in [2.45, 2.75) is 25.7 Å². The van der Waals surface area contributed by atoms with Crippen molar-refractivity contribution in [2.24, 2.45) is 0 Å². The summed E-state index contributed by atoms with van der Waals surface area (Å²) in [6.07, 6.45) is 7.58. The van der Waals surface area contributed by atoms with Crippen molar-refractivity contribution in [3.63, 3.8) is 0 Å². The number of unbranched alkanes of at least 4 members (excludes halogenated alkanes) is 2. The Morgan fingerprint density at radius 3 is 2.57 bits per heavy atom. The number of hydrogen-bond donors (Lipinski definition) is 1. The quantitative estimate of drug-likeness (QED) is 0.133. The average Bonchev–Trinajstić information content (AvgIpc) is 3.44. The number of ether oxygens (including phenoxy) is 1. The van der Waals surface area contributed by atoms with Gasteiger partial charge in [-0.15, -0.1) is 0 Å². The van der Waals surface area contributed by atoms with Crippen molar-refractivity contribution in [2.75, 3.05) is 13.2 Å². The molecule has 1 aromatic heterocycles. The molecule has 1 N–H and O–H groups in total. The molecule has 0 saturated carbocycles. The van der Waals surface area contributed by atoms with E-state index in [9.17, 15) is 9.59 Å². The molecule has 3 aromatic rings. The van der Waals surface area contributed by atoms with Gasteiger partial charge >= 0.3 is 5.97 Å². The number of aromatic nitrogens is 2. The highest BCUT2D eigenvalue weighted by molar-refractivity contribution is 8.26. The SMILES string of the molecule is C=CCOc1ccc(-c2nn(-c3ccccc3)cc2C=C2SC(=S)N(CCCCCC(=O)O)C2=O)cc1. The van der Waals surface area contributed by atoms with Gasteiger partial charge in [0.05, 0.1) is 16.3 Å². The highest BCUT2D eigenvalue weighted by Gasteiger charge is 2.32. The monoisotopic (exact) mass is 533 g/mol. The molecule has 0 atom stereocenters. The number of rotatable bonds is 12. The van der Waals surface area contributed by atoms with E-state index in [-0.39, 0.29) is 12.3 Å². The second-order valence-corrected chi connectivity index (χ2v) is 10.1. The number of amides is 1. The van der Waals surface area contributed by atoms with E-state index in [1.165, 1.54) is 11.8 Å². The van der Waals surface area contributed by atoms with Crippen molar-refractivity contribution < 1.29 is 19.4 Å². The normalized spacial score (nSPS) is 14.4. The van der Waals surface area contributed by atoms with E-state index < -0.39 is 5.97 Å². The van der Waals surface area contributed by atoms with Gasteiger partial charge in [-0.25, -0.2) is 4.68 Å². The number of nitrogens with zero attached hydrogens (tertiary/aromatic N) is 3. The molecule has 1 aliphatic heterocycles. The fraction of sp³-hybridized carbons (Fsp3) is 0.214. The molecule has 0 spiro atoms. The molecule has 37 heavy (non-hydrogen) atoms. The Morgan fingerprint density at radius 1 is 1.11 bits per heavy atom. The summed E-state index contributed by atoms with van der Waals surface area (Å²) in [5.41, 5.74) is 3.33. The highest BCUT2D eigenvalue weighted by atomic mass is 32.2. The molecule has 0 radical (unpaired) electrons. The standard InChI is InChI=1S/C28H27N3O4S2/c1-2-17-35-23-14-12-20(13-15-23)26-21(19-31(29-26)22-9-5-3-6-10-22)18-24-27(34)30(28(36)37-24)16-8-4-7-11-25(32)33/h2-3,5-6,9-10,12-15,18-19H,1,4,7-8,11,16-17H2,(H,32,33). The average molecular weight is 534 g/mol. The molecular formula is C28H27N3O4S2. The Morgan fingerprint density at radius 2 is 1.86 bits per heavy atom. The molecule has 0 bridgehead atoms. The zero-order chi connectivity index (χ0) is 26.2. The number of hydrogen-bond acceptors (Lipinski definition) is 6. The largest absolute Gasteiger partial charge is 0.490 e. The summed E-state index contributed by atoms with van der Waals surface area (Å²) in [6.45, 7) is 4.57. The van der Waals surface area contributed by atoms with Crippen LogP contribution >= 0.6 is 24.0 Å². The minimum atomic E-state index is -0.806. The van der Waals surface area contributed by atoms with E-state index in [4.69, 9.17) is 27.2 Å². The van der Waals surface area contributed by atoms with Crippen LogP contribution in [0.4, 0.5) is 0 Å². The van der Waals surface area contributed by atoms with Gasteiger partial charge in [-0.05, 0) is 55.3 Å². The second-order valence-electron chi connectivity index (χ2n) is 8.37. The molecule has 0 aliphatic carbocycles. The van der Waals surface area contributed by atoms with E-state index in [2.05, 4.69) is 6.58 Å². The van der Waals surface area contributed by atoms with Crippen molar-refractivity contribution in [1.82, 2.24) is 14.7 Å². The molecule has 190 valence electrons. The highest BCUT2D eigenvalue weighted by Crippen LogP contribution is 2.35. The summed E-state index contributed by atoms with van der Waals surface area (Å²) < 4.78 is 7.91. The topological polar surface area (TPSA) is 84.7 Å². The summed E-state index contributed by atoms with van der Waals surface area (Å²) in [7, 11) is 0. The first-order chi connectivity index (χ1) is 18.0. The van der Waals surface area contributed by atoms with Gasteiger partial charge in [-0.1, -0.05) is 61.3 Å². The maximum absolute atomic E-state index is 13.2. The number of thioether (sulfide) groups is 1. The molecule has 1 aliphatic rings. The molecule has 2 heterocycles. The molecule has 1 amide bonds. The summed E-state index contributed by atoms with van der Waals surface area (Å²) in [4.78, 5) is 26.0. The third-order valence-electron chi connectivity index (χ3n) is 5.69. The minimum absolute atomic E-state index is 0.133. The number of para-hydroxylation sites is 1. The van der Waals surface area contributed by atoms with Crippen LogP contribution in [0.3, 0.4) is 0 Å². The van der Waals surface area contributed by atoms with Crippen LogP contribution in [-0.4, -0.2) is 49.1 Å². The fourth-order valence-corrected chi connectivity index (χ4v) is 5.15. The van der Waals surface area contributed by atoms with Crippen LogP contribution in [0.15, 0.2) is 78.4 Å². The molecule has 0 unspecified atom stereocenters. The first-order valence-electron chi connectivity index (χ1n) is 11.9. The molecule has 2 aromatic carbocycles. The van der Waals surface area contributed by atoms with Gasteiger partial charge in [0.1, 0.15) is 16.7 Å². The predicted octanol–water partition coefficient (Wildman–Crippen LogP) is 5.95. The van der Waals surface area contributed by atoms with Crippen LogP contribution < -0.4 is 4.74 Å².